The molecule has 1 aliphatic heterocycles. The van der Waals surface area contributed by atoms with Gasteiger partial charge in [-0.1, -0.05) is 12.1 Å². The quantitative estimate of drug-likeness (QED) is 0.483. The Morgan fingerprint density at radius 3 is 2.78 bits per heavy atom. The fourth-order valence-electron chi connectivity index (χ4n) is 3.92. The number of ether oxygens (including phenoxy) is 1. The first kappa shape index (κ1) is 20.0. The molecule has 1 aliphatic rings. The van der Waals surface area contributed by atoms with Crippen LogP contribution in [0.3, 0.4) is 0 Å². The van der Waals surface area contributed by atoms with Crippen molar-refractivity contribution in [2.75, 3.05) is 37.4 Å². The molecule has 4 aromatic rings. The molecule has 5 rings (SSSR count). The van der Waals surface area contributed by atoms with Crippen molar-refractivity contribution >= 4 is 28.7 Å². The number of anilines is 3. The van der Waals surface area contributed by atoms with Gasteiger partial charge in [-0.15, -0.1) is 0 Å². The number of nitrogen functional groups attached to an aromatic ring is 1. The molecule has 1 amide bonds. The summed E-state index contributed by atoms with van der Waals surface area (Å²) < 4.78 is 7.29. The highest BCUT2D eigenvalue weighted by molar-refractivity contribution is 5.94. The fraction of sp³-hybridized carbons (Fsp3) is 0.208. The van der Waals surface area contributed by atoms with Crippen LogP contribution < -0.4 is 11.1 Å². The number of aromatic nitrogens is 3. The standard InChI is InChI=1S/C24H24N6O2/c1-16-19(3-2-4-20(16)25)18-13-21(23-26-7-8-30(23)15-18)28-22-6-5-17(14-27-22)24(31)29-9-11-32-12-10-29/h2-8,13-15H,9-12,25H2,1H3,(H,27,28). The molecule has 0 radical (unpaired) electrons. The number of nitrogens with zero attached hydrogens (tertiary/aromatic N) is 4. The molecule has 162 valence electrons. The number of hydrogen-bond acceptors (Lipinski definition) is 6. The number of carbonyl (C=O) groups excluding carboxylic acids is 1. The largest absolute Gasteiger partial charge is 0.398 e. The van der Waals surface area contributed by atoms with Crippen molar-refractivity contribution in [1.29, 1.82) is 0 Å². The number of nitrogens with two attached hydrogens (primary N) is 1. The van der Waals surface area contributed by atoms with Crippen molar-refractivity contribution in [3.63, 3.8) is 0 Å². The Kier molecular flexibility index (Phi) is 5.20. The first-order valence-electron chi connectivity index (χ1n) is 10.5. The topological polar surface area (TPSA) is 97.8 Å². The van der Waals surface area contributed by atoms with Gasteiger partial charge in [0.15, 0.2) is 5.65 Å². The van der Waals surface area contributed by atoms with Crippen LogP contribution in [0.1, 0.15) is 15.9 Å². The van der Waals surface area contributed by atoms with Crippen molar-refractivity contribution in [2.45, 2.75) is 6.92 Å². The van der Waals surface area contributed by atoms with Gasteiger partial charge in [0.05, 0.1) is 24.5 Å². The molecule has 0 bridgehead atoms. The Morgan fingerprint density at radius 2 is 2.00 bits per heavy atom. The van der Waals surface area contributed by atoms with E-state index in [-0.39, 0.29) is 5.91 Å². The third-order valence-corrected chi connectivity index (χ3v) is 5.75. The molecule has 1 fully saturated rings. The molecule has 8 nitrogen and oxygen atoms in total. The zero-order valence-electron chi connectivity index (χ0n) is 17.8. The summed E-state index contributed by atoms with van der Waals surface area (Å²) in [5, 5.41) is 3.35. The van der Waals surface area contributed by atoms with E-state index < -0.39 is 0 Å². The molecule has 0 atom stereocenters. The van der Waals surface area contributed by atoms with Crippen molar-refractivity contribution in [1.82, 2.24) is 19.3 Å². The summed E-state index contributed by atoms with van der Waals surface area (Å²) in [6.07, 6.45) is 7.30. The number of fused-ring (bicyclic) bond motifs is 1. The highest BCUT2D eigenvalue weighted by Gasteiger charge is 2.19. The number of pyridine rings is 2. The molecule has 0 saturated carbocycles. The second-order valence-electron chi connectivity index (χ2n) is 7.78. The summed E-state index contributed by atoms with van der Waals surface area (Å²) in [5.74, 6) is 0.608. The lowest BCUT2D eigenvalue weighted by atomic mass is 10.0. The highest BCUT2D eigenvalue weighted by Crippen LogP contribution is 2.31. The van der Waals surface area contributed by atoms with E-state index in [2.05, 4.69) is 21.4 Å². The van der Waals surface area contributed by atoms with E-state index in [1.54, 1.807) is 23.4 Å². The van der Waals surface area contributed by atoms with Gasteiger partial charge in [-0.2, -0.15) is 0 Å². The minimum atomic E-state index is -0.0258. The van der Waals surface area contributed by atoms with Gasteiger partial charge in [0, 0.05) is 49.1 Å². The number of hydrogen-bond donors (Lipinski definition) is 2. The Hall–Kier alpha value is -3.91. The zero-order valence-corrected chi connectivity index (χ0v) is 17.8. The molecular formula is C24H24N6O2. The van der Waals surface area contributed by atoms with Crippen molar-refractivity contribution in [3.05, 3.63) is 72.3 Å². The van der Waals surface area contributed by atoms with Crippen molar-refractivity contribution in [3.8, 4) is 11.1 Å². The lowest BCUT2D eigenvalue weighted by Gasteiger charge is -2.26. The molecule has 0 aliphatic carbocycles. The van der Waals surface area contributed by atoms with E-state index in [9.17, 15) is 4.79 Å². The normalized spacial score (nSPS) is 14.0. The summed E-state index contributed by atoms with van der Waals surface area (Å²) >= 11 is 0. The monoisotopic (exact) mass is 428 g/mol. The lowest BCUT2D eigenvalue weighted by Crippen LogP contribution is -2.40. The molecule has 1 saturated heterocycles. The maximum atomic E-state index is 12.7. The average Bonchev–Trinajstić information content (AvgIpc) is 3.31. The van der Waals surface area contributed by atoms with E-state index in [0.717, 1.165) is 33.7 Å². The summed E-state index contributed by atoms with van der Waals surface area (Å²) in [6, 6.07) is 11.6. The third kappa shape index (κ3) is 3.76. The molecule has 8 heteroatoms. The van der Waals surface area contributed by atoms with Gasteiger partial charge in [-0.3, -0.25) is 4.79 Å². The van der Waals surface area contributed by atoms with Gasteiger partial charge in [0.25, 0.3) is 5.91 Å². The van der Waals surface area contributed by atoms with E-state index >= 15 is 0 Å². The molecule has 3 aromatic heterocycles. The van der Waals surface area contributed by atoms with Crippen LogP contribution >= 0.6 is 0 Å². The number of nitrogens with one attached hydrogen (secondary N) is 1. The molecular weight excluding hydrogens is 404 g/mol. The van der Waals surface area contributed by atoms with Crippen LogP contribution in [-0.4, -0.2) is 51.5 Å². The Morgan fingerprint density at radius 1 is 1.16 bits per heavy atom. The number of morpholine rings is 1. The molecule has 4 heterocycles. The minimum absolute atomic E-state index is 0.0258. The highest BCUT2D eigenvalue weighted by atomic mass is 16.5. The predicted molar refractivity (Wildman–Crippen MR) is 124 cm³/mol. The number of rotatable bonds is 4. The first-order chi connectivity index (χ1) is 15.6. The van der Waals surface area contributed by atoms with E-state index in [1.165, 1.54) is 0 Å². The predicted octanol–water partition coefficient (Wildman–Crippen LogP) is 3.50. The second-order valence-corrected chi connectivity index (χ2v) is 7.78. The van der Waals surface area contributed by atoms with Gasteiger partial charge in [0.2, 0.25) is 0 Å². The minimum Gasteiger partial charge on any atom is -0.398 e. The summed E-state index contributed by atoms with van der Waals surface area (Å²) in [6.45, 7) is 4.37. The smallest absolute Gasteiger partial charge is 0.255 e. The van der Waals surface area contributed by atoms with Gasteiger partial charge in [-0.25, -0.2) is 9.97 Å². The summed E-state index contributed by atoms with van der Waals surface area (Å²) in [5.41, 5.74) is 12.1. The van der Waals surface area contributed by atoms with Gasteiger partial charge in [-0.05, 0) is 42.3 Å². The van der Waals surface area contributed by atoms with Crippen molar-refractivity contribution < 1.29 is 9.53 Å². The van der Waals surface area contributed by atoms with E-state index in [1.807, 2.05) is 48.0 Å². The van der Waals surface area contributed by atoms with E-state index in [0.29, 0.717) is 37.7 Å². The molecule has 1 aromatic carbocycles. The van der Waals surface area contributed by atoms with E-state index in [4.69, 9.17) is 10.5 Å². The van der Waals surface area contributed by atoms with Crippen LogP contribution in [0.5, 0.6) is 0 Å². The van der Waals surface area contributed by atoms with Crippen LogP contribution in [0.25, 0.3) is 16.8 Å². The van der Waals surface area contributed by atoms with Crippen LogP contribution in [0.4, 0.5) is 17.2 Å². The third-order valence-electron chi connectivity index (χ3n) is 5.75. The Bertz CT molecular complexity index is 1280. The number of amides is 1. The SMILES string of the molecule is Cc1c(N)cccc1-c1cc(Nc2ccc(C(=O)N3CCOCC3)cn2)c2nccn2c1. The average molecular weight is 428 g/mol. The maximum Gasteiger partial charge on any atom is 0.255 e. The Balaban J connectivity index is 1.44. The Labute approximate surface area is 185 Å². The second kappa shape index (κ2) is 8.32. The van der Waals surface area contributed by atoms with Crippen LogP contribution in [0.2, 0.25) is 0 Å². The first-order valence-corrected chi connectivity index (χ1v) is 10.5. The van der Waals surface area contributed by atoms with Gasteiger partial charge in [0.1, 0.15) is 5.82 Å². The number of imidazole rings is 1. The molecule has 0 unspecified atom stereocenters. The van der Waals surface area contributed by atoms with Crippen LogP contribution in [-0.2, 0) is 4.74 Å². The van der Waals surface area contributed by atoms with Crippen LogP contribution in [0.15, 0.2) is 61.2 Å². The molecule has 0 spiro atoms. The maximum absolute atomic E-state index is 12.7. The number of benzene rings is 1. The zero-order chi connectivity index (χ0) is 22.1. The fourth-order valence-corrected chi connectivity index (χ4v) is 3.92. The van der Waals surface area contributed by atoms with Gasteiger partial charge >= 0.3 is 0 Å². The molecule has 32 heavy (non-hydrogen) atoms. The lowest BCUT2D eigenvalue weighted by molar-refractivity contribution is 0.0302. The molecule has 3 N–H and O–H groups in total. The van der Waals surface area contributed by atoms with Crippen molar-refractivity contribution in [2.24, 2.45) is 0 Å². The summed E-state index contributed by atoms with van der Waals surface area (Å²) in [4.78, 5) is 23.4. The van der Waals surface area contributed by atoms with Gasteiger partial charge < -0.3 is 25.1 Å². The van der Waals surface area contributed by atoms with Crippen LogP contribution in [0, 0.1) is 6.92 Å². The summed E-state index contributed by atoms with van der Waals surface area (Å²) in [7, 11) is 0. The number of carbonyl (C=O) groups is 1.